The molecule has 10 heteroatoms. The van der Waals surface area contributed by atoms with E-state index in [0.29, 0.717) is 25.3 Å². The highest BCUT2D eigenvalue weighted by Gasteiger charge is 2.29. The molecule has 1 amide bonds. The number of sulfonamides is 1. The summed E-state index contributed by atoms with van der Waals surface area (Å²) >= 11 is 12.5. The third-order valence-electron chi connectivity index (χ3n) is 5.56. The molecule has 0 unspecified atom stereocenters. The molecule has 4 rings (SSSR count). The zero-order valence-corrected chi connectivity index (χ0v) is 20.4. The van der Waals surface area contributed by atoms with Crippen molar-refractivity contribution >= 4 is 44.8 Å². The minimum atomic E-state index is -3.83. The van der Waals surface area contributed by atoms with Gasteiger partial charge >= 0.3 is 0 Å². The summed E-state index contributed by atoms with van der Waals surface area (Å²) in [4.78, 5) is 12.8. The van der Waals surface area contributed by atoms with Crippen molar-refractivity contribution in [3.05, 3.63) is 75.5 Å². The first-order valence-corrected chi connectivity index (χ1v) is 12.8. The summed E-state index contributed by atoms with van der Waals surface area (Å²) in [6, 6.07) is 10.6. The van der Waals surface area contributed by atoms with Gasteiger partial charge in [0.05, 0.1) is 34.0 Å². The molecule has 1 saturated heterocycles. The van der Waals surface area contributed by atoms with Crippen LogP contribution in [0.25, 0.3) is 0 Å². The Morgan fingerprint density at radius 2 is 1.76 bits per heavy atom. The Labute approximate surface area is 203 Å². The summed E-state index contributed by atoms with van der Waals surface area (Å²) in [6.45, 7) is 3.44. The molecular formula is C23H24Cl2N4O3S. The van der Waals surface area contributed by atoms with Gasteiger partial charge in [-0.3, -0.25) is 9.48 Å². The van der Waals surface area contributed by atoms with Crippen LogP contribution in [0, 0.1) is 6.92 Å². The minimum absolute atomic E-state index is 0.00644. The van der Waals surface area contributed by atoms with Crippen LogP contribution in [0.15, 0.2) is 53.7 Å². The first kappa shape index (κ1) is 23.8. The summed E-state index contributed by atoms with van der Waals surface area (Å²) in [5.74, 6) is -0.540. The fraction of sp³-hybridized carbons (Fsp3) is 0.304. The molecule has 2 aromatic carbocycles. The molecule has 1 aliphatic rings. The van der Waals surface area contributed by atoms with Crippen LogP contribution in [-0.2, 0) is 16.6 Å². The first-order chi connectivity index (χ1) is 15.7. The van der Waals surface area contributed by atoms with Gasteiger partial charge in [0.25, 0.3) is 5.91 Å². The van der Waals surface area contributed by atoms with Crippen molar-refractivity contribution in [1.29, 1.82) is 0 Å². The van der Waals surface area contributed by atoms with E-state index in [-0.39, 0.29) is 20.5 Å². The van der Waals surface area contributed by atoms with Crippen LogP contribution in [0.3, 0.4) is 0 Å². The first-order valence-electron chi connectivity index (χ1n) is 10.6. The van der Waals surface area contributed by atoms with Gasteiger partial charge in [0, 0.05) is 19.3 Å². The van der Waals surface area contributed by atoms with Crippen LogP contribution in [0.5, 0.6) is 0 Å². The van der Waals surface area contributed by atoms with Crippen LogP contribution >= 0.6 is 23.2 Å². The predicted octanol–water partition coefficient (Wildman–Crippen LogP) is 4.97. The van der Waals surface area contributed by atoms with Gasteiger partial charge in [-0.15, -0.1) is 0 Å². The molecule has 3 aromatic rings. The van der Waals surface area contributed by atoms with Crippen molar-refractivity contribution < 1.29 is 13.2 Å². The van der Waals surface area contributed by atoms with E-state index in [9.17, 15) is 13.2 Å². The zero-order chi connectivity index (χ0) is 23.6. The SMILES string of the molecule is Cc1ccc(Cn2cc(NC(=O)c3cc(S(=O)(=O)N4CCCCC4)c(Cl)cc3Cl)cn2)cc1. The molecule has 33 heavy (non-hydrogen) atoms. The Balaban J connectivity index is 1.53. The van der Waals surface area contributed by atoms with E-state index in [2.05, 4.69) is 10.4 Å². The van der Waals surface area contributed by atoms with E-state index in [4.69, 9.17) is 23.2 Å². The smallest absolute Gasteiger partial charge is 0.257 e. The Morgan fingerprint density at radius 1 is 1.06 bits per heavy atom. The van der Waals surface area contributed by atoms with Gasteiger partial charge in [0.15, 0.2) is 0 Å². The summed E-state index contributed by atoms with van der Waals surface area (Å²) < 4.78 is 29.3. The highest BCUT2D eigenvalue weighted by atomic mass is 35.5. The van der Waals surface area contributed by atoms with E-state index < -0.39 is 15.9 Å². The molecule has 0 saturated carbocycles. The zero-order valence-electron chi connectivity index (χ0n) is 18.1. The Hall–Kier alpha value is -2.39. The largest absolute Gasteiger partial charge is 0.319 e. The maximum absolute atomic E-state index is 13.1. The van der Waals surface area contributed by atoms with E-state index >= 15 is 0 Å². The fourth-order valence-corrected chi connectivity index (χ4v) is 6.09. The number of carbonyl (C=O) groups excluding carboxylic acids is 1. The number of anilines is 1. The minimum Gasteiger partial charge on any atom is -0.319 e. The molecule has 0 spiro atoms. The van der Waals surface area contributed by atoms with Gasteiger partial charge in [0.2, 0.25) is 10.0 Å². The average molecular weight is 507 g/mol. The lowest BCUT2D eigenvalue weighted by Gasteiger charge is -2.26. The molecule has 1 fully saturated rings. The monoisotopic (exact) mass is 506 g/mol. The van der Waals surface area contributed by atoms with Crippen LogP contribution < -0.4 is 5.32 Å². The Kier molecular flexibility index (Phi) is 7.09. The summed E-state index contributed by atoms with van der Waals surface area (Å²) in [7, 11) is -3.83. The number of rotatable bonds is 6. The van der Waals surface area contributed by atoms with Gasteiger partial charge in [-0.1, -0.05) is 59.5 Å². The van der Waals surface area contributed by atoms with Crippen molar-refractivity contribution in [2.24, 2.45) is 0 Å². The molecule has 0 bridgehead atoms. The highest BCUT2D eigenvalue weighted by Crippen LogP contribution is 2.32. The quantitative estimate of drug-likeness (QED) is 0.511. The lowest BCUT2D eigenvalue weighted by molar-refractivity contribution is 0.102. The molecule has 174 valence electrons. The molecule has 2 heterocycles. The number of nitrogens with zero attached hydrogens (tertiary/aromatic N) is 3. The van der Waals surface area contributed by atoms with Gasteiger partial charge in [-0.2, -0.15) is 9.40 Å². The van der Waals surface area contributed by atoms with Gasteiger partial charge in [0.1, 0.15) is 4.90 Å². The number of nitrogens with one attached hydrogen (secondary N) is 1. The second-order valence-corrected chi connectivity index (χ2v) is 10.8. The molecule has 1 N–H and O–H groups in total. The maximum Gasteiger partial charge on any atom is 0.257 e. The summed E-state index contributed by atoms with van der Waals surface area (Å²) in [5, 5.41) is 7.08. The van der Waals surface area contributed by atoms with Gasteiger partial charge < -0.3 is 5.32 Å². The van der Waals surface area contributed by atoms with E-state index in [1.54, 1.807) is 10.9 Å². The third kappa shape index (κ3) is 5.41. The number of halogens is 2. The van der Waals surface area contributed by atoms with Crippen molar-refractivity contribution in [2.45, 2.75) is 37.6 Å². The predicted molar refractivity (Wildman–Crippen MR) is 130 cm³/mol. The van der Waals surface area contributed by atoms with Gasteiger partial charge in [-0.05, 0) is 37.5 Å². The molecule has 1 aliphatic heterocycles. The summed E-state index contributed by atoms with van der Waals surface area (Å²) in [5.41, 5.74) is 2.75. The number of benzene rings is 2. The molecular weight excluding hydrogens is 483 g/mol. The number of aryl methyl sites for hydroxylation is 1. The second kappa shape index (κ2) is 9.85. The number of hydrogen-bond acceptors (Lipinski definition) is 4. The van der Waals surface area contributed by atoms with Crippen LogP contribution in [-0.4, -0.2) is 41.5 Å². The molecule has 7 nitrogen and oxygen atoms in total. The highest BCUT2D eigenvalue weighted by molar-refractivity contribution is 7.89. The topological polar surface area (TPSA) is 84.3 Å². The van der Waals surface area contributed by atoms with Gasteiger partial charge in [-0.25, -0.2) is 8.42 Å². The normalized spacial score (nSPS) is 14.9. The fourth-order valence-electron chi connectivity index (χ4n) is 3.74. The molecule has 1 aromatic heterocycles. The van der Waals surface area contributed by atoms with Crippen LogP contribution in [0.4, 0.5) is 5.69 Å². The number of amides is 1. The Bertz CT molecular complexity index is 1270. The lowest BCUT2D eigenvalue weighted by Crippen LogP contribution is -2.35. The number of hydrogen-bond donors (Lipinski definition) is 1. The van der Waals surface area contributed by atoms with Crippen molar-refractivity contribution in [1.82, 2.24) is 14.1 Å². The second-order valence-electron chi connectivity index (χ2n) is 8.09. The van der Waals surface area contributed by atoms with Crippen molar-refractivity contribution in [3.8, 4) is 0 Å². The third-order valence-corrected chi connectivity index (χ3v) is 8.23. The average Bonchev–Trinajstić information content (AvgIpc) is 3.22. The van der Waals surface area contributed by atoms with Crippen LogP contribution in [0.1, 0.15) is 40.7 Å². The van der Waals surface area contributed by atoms with E-state index in [1.807, 2.05) is 31.2 Å². The van der Waals surface area contributed by atoms with Crippen molar-refractivity contribution in [3.63, 3.8) is 0 Å². The van der Waals surface area contributed by atoms with E-state index in [1.165, 1.54) is 28.2 Å². The van der Waals surface area contributed by atoms with Crippen LogP contribution in [0.2, 0.25) is 10.0 Å². The maximum atomic E-state index is 13.1. The van der Waals surface area contributed by atoms with E-state index in [0.717, 1.165) is 24.8 Å². The summed E-state index contributed by atoms with van der Waals surface area (Å²) in [6.07, 6.45) is 5.81. The number of piperidine rings is 1. The molecule has 0 aliphatic carbocycles. The van der Waals surface area contributed by atoms with Crippen molar-refractivity contribution in [2.75, 3.05) is 18.4 Å². The molecule has 0 atom stereocenters. The Morgan fingerprint density at radius 3 is 2.45 bits per heavy atom. The number of aromatic nitrogens is 2. The standard InChI is InChI=1S/C23H24Cl2N4O3S/c1-16-5-7-17(8-6-16)14-28-15-18(13-26-28)27-23(30)19-11-22(21(25)12-20(19)24)33(31,32)29-9-3-2-4-10-29/h5-8,11-13,15H,2-4,9-10,14H2,1H3,(H,27,30). The molecule has 0 radical (unpaired) electrons. The number of carbonyl (C=O) groups is 1. The lowest BCUT2D eigenvalue weighted by atomic mass is 10.1.